The van der Waals surface area contributed by atoms with Crippen molar-refractivity contribution >= 4 is 175 Å². The summed E-state index contributed by atoms with van der Waals surface area (Å²) in [7, 11) is 0. The standard InChI is InChI=1S/C96H64N4/c1-95(2)83-39-21-23-41-87(83)99(93-55-91-81(51-85(93)95)79-49-75-65-33-15-11-29-61(65)63-31-13-17-35-67(63)77(75)53-89(79)97(91)57-25-7-5-8-26-57)59-43-45-71-72-46-44-60(48-74(72)70-38-20-19-37-69(70)73(71)47-59)100-88-42-24-22-40-84(88)96(3,4)86-52-82-80-50-76-66-34-16-12-30-62(66)64-32-14-18-36-68(64)78(76)54-90(80)98(92(82)56-94(86)100)58-27-9-6-10-28-58/h5-56H,1-4H3. The lowest BCUT2D eigenvalue weighted by Crippen LogP contribution is -2.30. The Balaban J connectivity index is 0.751. The van der Waals surface area contributed by atoms with E-state index in [0.717, 1.165) is 22.7 Å². The average molecular weight is 1270 g/mol. The molecule has 0 aliphatic carbocycles. The number of para-hydroxylation sites is 4. The lowest BCUT2D eigenvalue weighted by atomic mass is 9.73. The summed E-state index contributed by atoms with van der Waals surface area (Å²) in [6.45, 7) is 9.69. The van der Waals surface area contributed by atoms with Gasteiger partial charge in [0.05, 0.1) is 44.8 Å². The third kappa shape index (κ3) is 7.44. The maximum absolute atomic E-state index is 2.56. The van der Waals surface area contributed by atoms with Crippen molar-refractivity contribution in [3.05, 3.63) is 338 Å². The highest BCUT2D eigenvalue weighted by atomic mass is 15.2. The van der Waals surface area contributed by atoms with Crippen LogP contribution in [-0.4, -0.2) is 9.13 Å². The van der Waals surface area contributed by atoms with E-state index < -0.39 is 0 Å². The second kappa shape index (κ2) is 20.1. The topological polar surface area (TPSA) is 16.3 Å². The Hall–Kier alpha value is -12.5. The number of anilines is 6. The van der Waals surface area contributed by atoms with Gasteiger partial charge < -0.3 is 18.9 Å². The van der Waals surface area contributed by atoms with E-state index in [-0.39, 0.29) is 10.8 Å². The number of hydrogen-bond acceptors (Lipinski definition) is 2. The van der Waals surface area contributed by atoms with Crippen molar-refractivity contribution in [1.29, 1.82) is 0 Å². The van der Waals surface area contributed by atoms with Gasteiger partial charge in [-0.2, -0.15) is 0 Å². The number of fused-ring (bicyclic) bond motifs is 28. The first-order valence-corrected chi connectivity index (χ1v) is 35.1. The first kappa shape index (κ1) is 55.6. The highest BCUT2D eigenvalue weighted by Crippen LogP contribution is 2.58. The summed E-state index contributed by atoms with van der Waals surface area (Å²) < 4.78 is 5.04. The van der Waals surface area contributed by atoms with E-state index >= 15 is 0 Å². The maximum atomic E-state index is 2.56. The zero-order valence-electron chi connectivity index (χ0n) is 55.8. The van der Waals surface area contributed by atoms with E-state index in [4.69, 9.17) is 0 Å². The van der Waals surface area contributed by atoms with Crippen molar-refractivity contribution in [2.45, 2.75) is 38.5 Å². The highest BCUT2D eigenvalue weighted by Gasteiger charge is 2.40. The number of nitrogens with zero attached hydrogens (tertiary/aromatic N) is 4. The van der Waals surface area contributed by atoms with Crippen LogP contribution in [0.5, 0.6) is 0 Å². The molecule has 4 nitrogen and oxygen atoms in total. The molecule has 0 N–H and O–H groups in total. The minimum absolute atomic E-state index is 0.326. The van der Waals surface area contributed by atoms with E-state index in [9.17, 15) is 0 Å². The maximum Gasteiger partial charge on any atom is 0.0562 e. The summed E-state index contributed by atoms with van der Waals surface area (Å²) in [4.78, 5) is 5.13. The fourth-order valence-corrected chi connectivity index (χ4v) is 18.7. The van der Waals surface area contributed by atoms with Crippen molar-refractivity contribution in [2.24, 2.45) is 0 Å². The van der Waals surface area contributed by atoms with Crippen LogP contribution in [0.4, 0.5) is 34.1 Å². The van der Waals surface area contributed by atoms with Gasteiger partial charge in [0.15, 0.2) is 0 Å². The van der Waals surface area contributed by atoms with Gasteiger partial charge in [-0.15, -0.1) is 0 Å². The highest BCUT2D eigenvalue weighted by molar-refractivity contribution is 6.32. The molecule has 18 aromatic carbocycles. The molecule has 0 fully saturated rings. The summed E-state index contributed by atoms with van der Waals surface area (Å²) in [6, 6.07) is 120. The van der Waals surface area contributed by atoms with Crippen LogP contribution >= 0.6 is 0 Å². The van der Waals surface area contributed by atoms with Crippen LogP contribution in [0.25, 0.3) is 152 Å². The third-order valence-electron chi connectivity index (χ3n) is 23.3. The van der Waals surface area contributed by atoms with Crippen molar-refractivity contribution in [2.75, 3.05) is 9.80 Å². The van der Waals surface area contributed by atoms with Crippen LogP contribution in [0.1, 0.15) is 49.9 Å². The van der Waals surface area contributed by atoms with Gasteiger partial charge in [-0.3, -0.25) is 0 Å². The summed E-state index contributed by atoms with van der Waals surface area (Å²) in [5, 5.41) is 27.7. The summed E-state index contributed by atoms with van der Waals surface area (Å²) in [6.07, 6.45) is 0. The average Bonchev–Trinajstić information content (AvgIpc) is 1.43. The van der Waals surface area contributed by atoms with E-state index in [0.29, 0.717) is 0 Å². The minimum Gasteiger partial charge on any atom is -0.310 e. The molecule has 22 rings (SSSR count). The molecule has 4 heterocycles. The molecule has 0 radical (unpaired) electrons. The Morgan fingerprint density at radius 1 is 0.170 bits per heavy atom. The molecular weight excluding hydrogens is 1210 g/mol. The first-order valence-electron chi connectivity index (χ1n) is 35.1. The van der Waals surface area contributed by atoms with Gasteiger partial charge in [0, 0.05) is 55.1 Å². The van der Waals surface area contributed by atoms with Crippen LogP contribution < -0.4 is 9.80 Å². The number of rotatable bonds is 4. The van der Waals surface area contributed by atoms with Gasteiger partial charge in [0.1, 0.15) is 0 Å². The molecule has 4 heteroatoms. The molecule has 0 bridgehead atoms. The van der Waals surface area contributed by atoms with Gasteiger partial charge >= 0.3 is 0 Å². The number of benzene rings is 18. The Morgan fingerprint density at radius 3 is 0.780 bits per heavy atom. The molecule has 468 valence electrons. The molecule has 0 atom stereocenters. The van der Waals surface area contributed by atoms with Crippen molar-refractivity contribution in [3.63, 3.8) is 0 Å². The molecule has 0 spiro atoms. The zero-order valence-corrected chi connectivity index (χ0v) is 55.8. The molecule has 20 aromatic rings. The van der Waals surface area contributed by atoms with Crippen molar-refractivity contribution in [3.8, 4) is 11.4 Å². The first-order chi connectivity index (χ1) is 49.1. The van der Waals surface area contributed by atoms with Gasteiger partial charge in [-0.1, -0.05) is 234 Å². The predicted octanol–water partition coefficient (Wildman–Crippen LogP) is 26.5. The SMILES string of the molecule is CC1(C)c2ccccc2N(c2ccc3c4ccc(N5c6ccccc6C(C)(C)c6cc7c8cc9c%10ccccc%10c%10ccccc%10c9cc8n(-c8ccccc8)c7cc65)cc4c4ccccc4c3c2)c2cc3c(cc21)c1cc2c4ccccc4c4ccccc4c2cc1n3-c1ccccc1. The van der Waals surface area contributed by atoms with Gasteiger partial charge in [-0.05, 0) is 228 Å². The quantitative estimate of drug-likeness (QED) is 0.163. The summed E-state index contributed by atoms with van der Waals surface area (Å²) in [5.74, 6) is 0. The lowest BCUT2D eigenvalue weighted by Gasteiger charge is -2.42. The Kier molecular flexibility index (Phi) is 11.2. The molecule has 2 aliphatic rings. The predicted molar refractivity (Wildman–Crippen MR) is 426 cm³/mol. The van der Waals surface area contributed by atoms with Gasteiger partial charge in [-0.25, -0.2) is 0 Å². The molecule has 0 unspecified atom stereocenters. The molecule has 0 saturated carbocycles. The van der Waals surface area contributed by atoms with Gasteiger partial charge in [0.25, 0.3) is 0 Å². The fraction of sp³-hybridized carbons (Fsp3) is 0.0625. The molecule has 2 aromatic heterocycles. The minimum atomic E-state index is -0.326. The lowest BCUT2D eigenvalue weighted by molar-refractivity contribution is 0.633. The summed E-state index contributed by atoms with van der Waals surface area (Å²) in [5.41, 5.74) is 18.6. The van der Waals surface area contributed by atoms with E-state index in [1.807, 2.05) is 0 Å². The van der Waals surface area contributed by atoms with E-state index in [2.05, 4.69) is 362 Å². The van der Waals surface area contributed by atoms with Crippen LogP contribution in [0.2, 0.25) is 0 Å². The third-order valence-corrected chi connectivity index (χ3v) is 23.3. The van der Waals surface area contributed by atoms with E-state index in [1.165, 1.54) is 186 Å². The zero-order chi connectivity index (χ0) is 66.0. The Labute approximate surface area is 577 Å². The van der Waals surface area contributed by atoms with Crippen molar-refractivity contribution in [1.82, 2.24) is 9.13 Å². The van der Waals surface area contributed by atoms with Crippen molar-refractivity contribution < 1.29 is 0 Å². The number of aromatic nitrogens is 2. The molecular formula is C96H64N4. The monoisotopic (exact) mass is 1270 g/mol. The van der Waals surface area contributed by atoms with Crippen LogP contribution in [0.15, 0.2) is 315 Å². The number of hydrogen-bond donors (Lipinski definition) is 0. The van der Waals surface area contributed by atoms with Gasteiger partial charge in [0.2, 0.25) is 0 Å². The Morgan fingerprint density at radius 2 is 0.430 bits per heavy atom. The summed E-state index contributed by atoms with van der Waals surface area (Å²) >= 11 is 0. The second-order valence-electron chi connectivity index (χ2n) is 29.1. The van der Waals surface area contributed by atoms with Crippen LogP contribution in [0, 0.1) is 0 Å². The normalized spacial score (nSPS) is 14.1. The molecule has 2 aliphatic heterocycles. The smallest absolute Gasteiger partial charge is 0.0562 e. The van der Waals surface area contributed by atoms with Crippen LogP contribution in [-0.2, 0) is 10.8 Å². The fourth-order valence-electron chi connectivity index (χ4n) is 18.7. The second-order valence-corrected chi connectivity index (χ2v) is 29.1. The molecule has 0 saturated heterocycles. The van der Waals surface area contributed by atoms with Crippen LogP contribution in [0.3, 0.4) is 0 Å². The molecule has 100 heavy (non-hydrogen) atoms. The largest absolute Gasteiger partial charge is 0.310 e. The Bertz CT molecular complexity index is 6590. The van der Waals surface area contributed by atoms with E-state index in [1.54, 1.807) is 0 Å². The molecule has 0 amide bonds.